The van der Waals surface area contributed by atoms with Crippen LogP contribution in [-0.4, -0.2) is 18.5 Å². The van der Waals surface area contributed by atoms with E-state index in [1.165, 1.54) is 0 Å². The summed E-state index contributed by atoms with van der Waals surface area (Å²) in [7, 11) is 0. The van der Waals surface area contributed by atoms with Gasteiger partial charge in [-0.3, -0.25) is 4.70 Å². The monoisotopic (exact) mass is 478 g/mol. The Balaban J connectivity index is -0.0000000184. The van der Waals surface area contributed by atoms with E-state index >= 15 is 0 Å². The van der Waals surface area contributed by atoms with Gasteiger partial charge in [-0.1, -0.05) is 0 Å². The van der Waals surface area contributed by atoms with E-state index in [4.69, 9.17) is 45.0 Å². The molecule has 0 bridgehead atoms. The second kappa shape index (κ2) is 29.2. The van der Waals surface area contributed by atoms with Gasteiger partial charge in [0, 0.05) is 0 Å². The summed E-state index contributed by atoms with van der Waals surface area (Å²) in [5.41, 5.74) is 0. The van der Waals surface area contributed by atoms with Crippen molar-refractivity contribution in [1.29, 1.82) is 0 Å². The van der Waals surface area contributed by atoms with Crippen molar-refractivity contribution in [1.82, 2.24) is 0 Å². The van der Waals surface area contributed by atoms with Gasteiger partial charge in [0.1, 0.15) is 0 Å². The first-order chi connectivity index (χ1) is 5.20. The minimum absolute atomic E-state index is 0. The van der Waals surface area contributed by atoms with Crippen LogP contribution in [0.15, 0.2) is 0 Å². The Kier molecular flexibility index (Phi) is 70.6. The fraction of sp³-hybridized carbons (Fsp3) is 0. The first-order valence-electron chi connectivity index (χ1n) is 1.84. The molecule has 0 heterocycles. The maximum absolute atomic E-state index is 8.33. The van der Waals surface area contributed by atoms with Crippen molar-refractivity contribution in [2.24, 2.45) is 0 Å². The average Bonchev–Trinajstić information content (AvgIpc) is 1.54. The molecule has 0 saturated carbocycles. The predicted octanol–water partition coefficient (Wildman–Crippen LogP) is -7.19. The summed E-state index contributed by atoms with van der Waals surface area (Å²) in [5.74, 6) is 0. The minimum Gasteiger partial charge on any atom is -0.652 e. The Morgan fingerprint density at radius 3 is 0.533 bits per heavy atom. The van der Waals surface area contributed by atoms with Crippen LogP contribution < -0.4 is 30.6 Å². The smallest absolute Gasteiger partial charge is 0.652 e. The Bertz CT molecular complexity index is 121. The van der Waals surface area contributed by atoms with Gasteiger partial charge in [0.15, 0.2) is 0 Å². The predicted molar refractivity (Wildman–Crippen MR) is 18.7 cm³/mol. The Hall–Kier alpha value is 0.130. The topological polar surface area (TPSA) is 190 Å². The van der Waals surface area contributed by atoms with Crippen LogP contribution in [0, 0.1) is 71.2 Å². The number of carboxylic acid groups (broad SMARTS) is 6. The molecule has 0 saturated heterocycles. The van der Waals surface area contributed by atoms with Gasteiger partial charge in [0.05, 0.1) is 0 Å². The standard InChI is InChI=1S/3CH2O3.FH.2La/c3*2-1(3)4;;;/h3*(H2,2,3,4);1H;;/q;;;;2*+3/p-6. The molecule has 0 aromatic carbocycles. The summed E-state index contributed by atoms with van der Waals surface area (Å²) in [6.07, 6.45) is -7.00. The molecule has 80 valence electrons. The molecule has 0 radical (unpaired) electrons. The van der Waals surface area contributed by atoms with Gasteiger partial charge in [0.2, 0.25) is 0 Å². The molecule has 0 aliphatic heterocycles. The van der Waals surface area contributed by atoms with E-state index in [1.807, 2.05) is 0 Å². The Morgan fingerprint density at radius 1 is 0.533 bits per heavy atom. The molecule has 0 spiro atoms. The van der Waals surface area contributed by atoms with Crippen LogP contribution in [0.4, 0.5) is 19.1 Å². The largest absolute Gasteiger partial charge is 3.00 e. The maximum Gasteiger partial charge on any atom is 3.00 e. The number of rotatable bonds is 0. The third kappa shape index (κ3) is 124000. The van der Waals surface area contributed by atoms with E-state index in [1.54, 1.807) is 0 Å². The molecule has 0 N–H and O–H groups in total. The molecule has 0 rings (SSSR count). The Labute approximate surface area is 138 Å². The summed E-state index contributed by atoms with van der Waals surface area (Å²) in [6, 6.07) is 0. The molecule has 0 atom stereocenters. The molecule has 0 aliphatic rings. The molecular weight excluding hydrogens is 477 g/mol. The van der Waals surface area contributed by atoms with Gasteiger partial charge < -0.3 is 45.0 Å². The zero-order chi connectivity index (χ0) is 10.7. The molecule has 0 aromatic rings. The normalized spacial score (nSPS) is 4.80. The van der Waals surface area contributed by atoms with Crippen LogP contribution in [0.25, 0.3) is 0 Å². The molecule has 0 unspecified atom stereocenters. The van der Waals surface area contributed by atoms with E-state index in [0.29, 0.717) is 0 Å². The molecule has 0 amide bonds. The van der Waals surface area contributed by atoms with Gasteiger partial charge in [-0.15, -0.1) is 0 Å². The van der Waals surface area contributed by atoms with Crippen LogP contribution in [0.2, 0.25) is 0 Å². The van der Waals surface area contributed by atoms with E-state index in [9.17, 15) is 0 Å². The quantitative estimate of drug-likeness (QED) is 0.326. The van der Waals surface area contributed by atoms with Crippen molar-refractivity contribution in [3.05, 3.63) is 0 Å². The molecule has 0 aromatic heterocycles. The summed E-state index contributed by atoms with van der Waals surface area (Å²) in [4.78, 5) is 25.0. The van der Waals surface area contributed by atoms with E-state index in [-0.39, 0.29) is 75.9 Å². The third-order valence-corrected chi connectivity index (χ3v) is 0. The van der Waals surface area contributed by atoms with Crippen molar-refractivity contribution < 1.29 is 121 Å². The Morgan fingerprint density at radius 2 is 0.533 bits per heavy atom. The zero-order valence-electron chi connectivity index (χ0n) is 6.74. The van der Waals surface area contributed by atoms with Gasteiger partial charge in [0.25, 0.3) is 0 Å². The van der Waals surface area contributed by atoms with Crippen molar-refractivity contribution >= 4 is 18.5 Å². The fourth-order valence-corrected chi connectivity index (χ4v) is 0. The van der Waals surface area contributed by atoms with Crippen LogP contribution >= 0.6 is 0 Å². The van der Waals surface area contributed by atoms with Crippen LogP contribution in [0.3, 0.4) is 0 Å². The fourth-order valence-electron chi connectivity index (χ4n) is 0. The van der Waals surface area contributed by atoms with Gasteiger partial charge in [-0.2, -0.15) is 0 Å². The molecule has 9 nitrogen and oxygen atoms in total. The molecule has 15 heavy (non-hydrogen) atoms. The summed E-state index contributed by atoms with van der Waals surface area (Å²) in [6.45, 7) is 0. The average molecular weight is 478 g/mol. The molecular formula is C3HFLa2O9. The summed E-state index contributed by atoms with van der Waals surface area (Å²) < 4.78 is 0. The zero-order valence-corrected chi connectivity index (χ0v) is 14.0. The number of hydrogen-bond donors (Lipinski definition) is 0. The number of halogens is 1. The van der Waals surface area contributed by atoms with E-state index in [2.05, 4.69) is 0 Å². The van der Waals surface area contributed by atoms with Crippen molar-refractivity contribution in [3.8, 4) is 0 Å². The number of carbonyl (C=O) groups is 3. The maximum atomic E-state index is 8.33. The molecule has 0 aliphatic carbocycles. The summed E-state index contributed by atoms with van der Waals surface area (Å²) >= 11 is 0. The second-order valence-electron chi connectivity index (χ2n) is 0.750. The SMILES string of the molecule is F.O=C([O-])[O-].O=C([O-])[O-].O=C([O-])[O-].[La+3].[La+3]. The van der Waals surface area contributed by atoms with Crippen LogP contribution in [-0.2, 0) is 0 Å². The van der Waals surface area contributed by atoms with Crippen LogP contribution in [0.5, 0.6) is 0 Å². The van der Waals surface area contributed by atoms with Gasteiger partial charge in [-0.05, 0) is 18.5 Å². The second-order valence-corrected chi connectivity index (χ2v) is 0.750. The van der Waals surface area contributed by atoms with Crippen molar-refractivity contribution in [3.63, 3.8) is 0 Å². The van der Waals surface area contributed by atoms with Crippen LogP contribution in [0.1, 0.15) is 0 Å². The van der Waals surface area contributed by atoms with Crippen molar-refractivity contribution in [2.75, 3.05) is 0 Å². The van der Waals surface area contributed by atoms with Gasteiger partial charge >= 0.3 is 71.2 Å². The summed E-state index contributed by atoms with van der Waals surface area (Å²) in [5, 5.41) is 50.0. The van der Waals surface area contributed by atoms with Gasteiger partial charge in [-0.25, -0.2) is 0 Å². The van der Waals surface area contributed by atoms with E-state index < -0.39 is 18.5 Å². The number of hydrogen-bond acceptors (Lipinski definition) is 9. The third-order valence-electron chi connectivity index (χ3n) is 0. The minimum atomic E-state index is -2.33. The first-order valence-corrected chi connectivity index (χ1v) is 1.84. The molecule has 0 fully saturated rings. The molecule has 12 heteroatoms. The number of carbonyl (C=O) groups excluding carboxylic acids is 3. The van der Waals surface area contributed by atoms with E-state index in [0.717, 1.165) is 0 Å². The van der Waals surface area contributed by atoms with Crippen molar-refractivity contribution in [2.45, 2.75) is 0 Å². The first kappa shape index (κ1) is 36.2.